The molecule has 0 heterocycles. The van der Waals surface area contributed by atoms with Crippen LogP contribution in [0.3, 0.4) is 0 Å². The fourth-order valence-electron chi connectivity index (χ4n) is 2.28. The van der Waals surface area contributed by atoms with E-state index in [0.29, 0.717) is 6.04 Å². The zero-order valence-electron chi connectivity index (χ0n) is 7.46. The van der Waals surface area contributed by atoms with Crippen LogP contribution in [0.5, 0.6) is 0 Å². The highest BCUT2D eigenvalue weighted by molar-refractivity contribution is 5.14. The van der Waals surface area contributed by atoms with Crippen LogP contribution in [0.15, 0.2) is 12.2 Å². The van der Waals surface area contributed by atoms with Crippen LogP contribution in [0.1, 0.15) is 19.8 Å². The van der Waals surface area contributed by atoms with Crippen molar-refractivity contribution in [1.82, 2.24) is 5.32 Å². The van der Waals surface area contributed by atoms with Gasteiger partial charge in [0.1, 0.15) is 0 Å². The number of hydrogen-bond donors (Lipinski definition) is 1. The SMILES string of the molecule is C#CC(C)NC1CC2CC=CC21. The maximum absolute atomic E-state index is 5.31. The first-order valence-corrected chi connectivity index (χ1v) is 4.70. The molecule has 0 aromatic heterocycles. The third kappa shape index (κ3) is 1.17. The van der Waals surface area contributed by atoms with Crippen molar-refractivity contribution in [2.75, 3.05) is 0 Å². The van der Waals surface area contributed by atoms with E-state index >= 15 is 0 Å². The predicted octanol–water partition coefficient (Wildman–Crippen LogP) is 1.56. The number of nitrogens with one attached hydrogen (secondary N) is 1. The molecule has 0 aromatic rings. The van der Waals surface area contributed by atoms with Crippen molar-refractivity contribution >= 4 is 0 Å². The highest BCUT2D eigenvalue weighted by Crippen LogP contribution is 2.42. The van der Waals surface area contributed by atoms with E-state index in [1.165, 1.54) is 12.8 Å². The second-order valence-corrected chi connectivity index (χ2v) is 3.90. The quantitative estimate of drug-likeness (QED) is 0.479. The molecule has 0 aromatic carbocycles. The van der Waals surface area contributed by atoms with E-state index in [0.717, 1.165) is 11.8 Å². The lowest BCUT2D eigenvalue weighted by atomic mass is 9.71. The van der Waals surface area contributed by atoms with Gasteiger partial charge in [0.2, 0.25) is 0 Å². The minimum absolute atomic E-state index is 0.227. The summed E-state index contributed by atoms with van der Waals surface area (Å²) in [6.07, 6.45) is 12.5. The average molecular weight is 161 g/mol. The van der Waals surface area contributed by atoms with Gasteiger partial charge < -0.3 is 5.32 Å². The monoisotopic (exact) mass is 161 g/mol. The van der Waals surface area contributed by atoms with E-state index in [1.54, 1.807) is 0 Å². The Morgan fingerprint density at radius 1 is 1.67 bits per heavy atom. The molecule has 0 amide bonds. The molecule has 0 spiro atoms. The number of rotatable bonds is 2. The molecular weight excluding hydrogens is 146 g/mol. The molecule has 1 heteroatoms. The smallest absolute Gasteiger partial charge is 0.0660 e. The molecule has 0 radical (unpaired) electrons. The molecule has 2 aliphatic rings. The Kier molecular flexibility index (Phi) is 1.94. The number of terminal acetylenes is 1. The summed E-state index contributed by atoms with van der Waals surface area (Å²) in [5.74, 6) is 4.41. The average Bonchev–Trinajstić information content (AvgIpc) is 2.42. The van der Waals surface area contributed by atoms with Crippen molar-refractivity contribution in [3.8, 4) is 12.3 Å². The van der Waals surface area contributed by atoms with Crippen LogP contribution in [0.4, 0.5) is 0 Å². The Hall–Kier alpha value is -0.740. The van der Waals surface area contributed by atoms with Gasteiger partial charge in [0.25, 0.3) is 0 Å². The minimum atomic E-state index is 0.227. The summed E-state index contributed by atoms with van der Waals surface area (Å²) in [7, 11) is 0. The van der Waals surface area contributed by atoms with E-state index in [1.807, 2.05) is 6.92 Å². The fraction of sp³-hybridized carbons (Fsp3) is 0.636. The van der Waals surface area contributed by atoms with Crippen LogP contribution in [0.25, 0.3) is 0 Å². The highest BCUT2D eigenvalue weighted by atomic mass is 15.0. The molecule has 0 aliphatic heterocycles. The summed E-state index contributed by atoms with van der Waals surface area (Å²) in [4.78, 5) is 0. The van der Waals surface area contributed by atoms with Crippen molar-refractivity contribution in [3.05, 3.63) is 12.2 Å². The van der Waals surface area contributed by atoms with Crippen LogP contribution in [0, 0.1) is 24.2 Å². The fourth-order valence-corrected chi connectivity index (χ4v) is 2.28. The summed E-state index contributed by atoms with van der Waals surface area (Å²) >= 11 is 0. The molecular formula is C11H15N. The summed E-state index contributed by atoms with van der Waals surface area (Å²) in [5.41, 5.74) is 0. The van der Waals surface area contributed by atoms with Crippen LogP contribution < -0.4 is 5.32 Å². The van der Waals surface area contributed by atoms with E-state index in [-0.39, 0.29) is 6.04 Å². The predicted molar refractivity (Wildman–Crippen MR) is 50.6 cm³/mol. The molecule has 1 N–H and O–H groups in total. The molecule has 1 saturated carbocycles. The lowest BCUT2D eigenvalue weighted by molar-refractivity contribution is 0.159. The second-order valence-electron chi connectivity index (χ2n) is 3.90. The molecule has 4 atom stereocenters. The molecule has 0 saturated heterocycles. The lowest BCUT2D eigenvalue weighted by Gasteiger charge is -2.41. The number of fused-ring (bicyclic) bond motifs is 1. The van der Waals surface area contributed by atoms with Gasteiger partial charge in [-0.15, -0.1) is 6.42 Å². The molecule has 12 heavy (non-hydrogen) atoms. The van der Waals surface area contributed by atoms with Gasteiger partial charge in [-0.25, -0.2) is 0 Å². The summed E-state index contributed by atoms with van der Waals surface area (Å²) in [6.45, 7) is 2.05. The largest absolute Gasteiger partial charge is 0.301 e. The topological polar surface area (TPSA) is 12.0 Å². The summed E-state index contributed by atoms with van der Waals surface area (Å²) < 4.78 is 0. The number of allylic oxidation sites excluding steroid dienone is 1. The first-order chi connectivity index (χ1) is 5.81. The van der Waals surface area contributed by atoms with E-state index in [9.17, 15) is 0 Å². The summed E-state index contributed by atoms with van der Waals surface area (Å²) in [5, 5.41) is 3.45. The maximum Gasteiger partial charge on any atom is 0.0660 e. The zero-order valence-corrected chi connectivity index (χ0v) is 7.46. The molecule has 1 fully saturated rings. The van der Waals surface area contributed by atoms with Gasteiger partial charge in [-0.05, 0) is 31.6 Å². The lowest BCUT2D eigenvalue weighted by Crippen LogP contribution is -2.50. The van der Waals surface area contributed by atoms with Gasteiger partial charge in [-0.3, -0.25) is 0 Å². The van der Waals surface area contributed by atoms with Gasteiger partial charge in [-0.1, -0.05) is 18.1 Å². The number of hydrogen-bond acceptors (Lipinski definition) is 1. The minimum Gasteiger partial charge on any atom is -0.301 e. The summed E-state index contributed by atoms with van der Waals surface area (Å²) in [6, 6.07) is 0.879. The van der Waals surface area contributed by atoms with Crippen molar-refractivity contribution < 1.29 is 0 Å². The van der Waals surface area contributed by atoms with Crippen LogP contribution in [-0.2, 0) is 0 Å². The van der Waals surface area contributed by atoms with E-state index in [4.69, 9.17) is 6.42 Å². The van der Waals surface area contributed by atoms with Gasteiger partial charge in [-0.2, -0.15) is 0 Å². The Bertz CT molecular complexity index is 236. The third-order valence-electron chi connectivity index (χ3n) is 3.08. The Labute approximate surface area is 74.2 Å². The normalized spacial score (nSPS) is 39.8. The molecule has 1 nitrogen and oxygen atoms in total. The second kappa shape index (κ2) is 2.95. The first-order valence-electron chi connectivity index (χ1n) is 4.70. The van der Waals surface area contributed by atoms with Crippen LogP contribution in [-0.4, -0.2) is 12.1 Å². The van der Waals surface area contributed by atoms with Crippen LogP contribution >= 0.6 is 0 Å². The van der Waals surface area contributed by atoms with Gasteiger partial charge in [0, 0.05) is 6.04 Å². The van der Waals surface area contributed by atoms with Crippen molar-refractivity contribution in [3.63, 3.8) is 0 Å². The highest BCUT2D eigenvalue weighted by Gasteiger charge is 2.40. The Balaban J connectivity index is 1.85. The zero-order chi connectivity index (χ0) is 8.55. The van der Waals surface area contributed by atoms with Gasteiger partial charge >= 0.3 is 0 Å². The van der Waals surface area contributed by atoms with Gasteiger partial charge in [0.05, 0.1) is 6.04 Å². The molecule has 2 aliphatic carbocycles. The van der Waals surface area contributed by atoms with Gasteiger partial charge in [0.15, 0.2) is 0 Å². The molecule has 2 rings (SSSR count). The standard InChI is InChI=1S/C11H15N/c1-3-8(2)12-11-7-9-5-4-6-10(9)11/h1,4,6,8-12H,5,7H2,2H3. The van der Waals surface area contributed by atoms with E-state index < -0.39 is 0 Å². The van der Waals surface area contributed by atoms with Crippen LogP contribution in [0.2, 0.25) is 0 Å². The Morgan fingerprint density at radius 2 is 2.50 bits per heavy atom. The molecule has 4 unspecified atom stereocenters. The van der Waals surface area contributed by atoms with E-state index in [2.05, 4.69) is 23.4 Å². The molecule has 64 valence electrons. The molecule has 0 bridgehead atoms. The van der Waals surface area contributed by atoms with Crippen molar-refractivity contribution in [1.29, 1.82) is 0 Å². The third-order valence-corrected chi connectivity index (χ3v) is 3.08. The maximum atomic E-state index is 5.31. The first kappa shape index (κ1) is 7.89. The van der Waals surface area contributed by atoms with Crippen molar-refractivity contribution in [2.45, 2.75) is 31.8 Å². The van der Waals surface area contributed by atoms with Crippen molar-refractivity contribution in [2.24, 2.45) is 11.8 Å². The Morgan fingerprint density at radius 3 is 3.17 bits per heavy atom.